The van der Waals surface area contributed by atoms with Gasteiger partial charge in [0.05, 0.1) is 40.6 Å². The molecule has 1 aromatic heterocycles. The predicted molar refractivity (Wildman–Crippen MR) is 119 cm³/mol. The molecule has 4 rings (SSSR count). The summed E-state index contributed by atoms with van der Waals surface area (Å²) in [5.41, 5.74) is 6.95. The molecule has 11 nitrogen and oxygen atoms in total. The third-order valence-electron chi connectivity index (χ3n) is 5.61. The van der Waals surface area contributed by atoms with Crippen molar-refractivity contribution in [2.24, 2.45) is 5.73 Å². The van der Waals surface area contributed by atoms with E-state index in [-0.39, 0.29) is 51.3 Å². The average Bonchev–Trinajstić information content (AvgIpc) is 3.28. The van der Waals surface area contributed by atoms with Crippen molar-refractivity contribution >= 4 is 33.5 Å². The lowest BCUT2D eigenvalue weighted by Gasteiger charge is -2.38. The summed E-state index contributed by atoms with van der Waals surface area (Å²) < 4.78 is 5.10. The number of rotatable bonds is 5. The van der Waals surface area contributed by atoms with Gasteiger partial charge in [0, 0.05) is 28.6 Å². The molecule has 1 aromatic carbocycles. The van der Waals surface area contributed by atoms with Gasteiger partial charge in [-0.1, -0.05) is 11.3 Å². The highest BCUT2D eigenvalue weighted by atomic mass is 32.1. The third-order valence-corrected chi connectivity index (χ3v) is 6.71. The van der Waals surface area contributed by atoms with Crippen LogP contribution in [0.1, 0.15) is 30.1 Å². The van der Waals surface area contributed by atoms with Crippen molar-refractivity contribution in [1.82, 2.24) is 0 Å². The minimum Gasteiger partial charge on any atom is -0.496 e. The van der Waals surface area contributed by atoms with Crippen molar-refractivity contribution in [1.29, 1.82) is 5.26 Å². The summed E-state index contributed by atoms with van der Waals surface area (Å²) in [7, 11) is 1.38. The summed E-state index contributed by atoms with van der Waals surface area (Å²) in [5.74, 6) is -0.882. The molecule has 2 aromatic rings. The minimum atomic E-state index is -0.870. The molecule has 1 aliphatic carbocycles. The van der Waals surface area contributed by atoms with Gasteiger partial charge < -0.3 is 10.5 Å². The van der Waals surface area contributed by atoms with E-state index in [0.29, 0.717) is 23.4 Å². The van der Waals surface area contributed by atoms with Crippen LogP contribution in [0.3, 0.4) is 0 Å². The first-order valence-corrected chi connectivity index (χ1v) is 10.6. The number of carbonyl (C=O) groups excluding carboxylic acids is 1. The number of nitro benzene ring substituents is 1. The quantitative estimate of drug-likeness (QED) is 0.507. The van der Waals surface area contributed by atoms with E-state index in [4.69, 9.17) is 10.5 Å². The number of carbonyl (C=O) groups is 1. The number of benzene rings is 1. The third kappa shape index (κ3) is 3.58. The lowest BCUT2D eigenvalue weighted by molar-refractivity contribution is -0.384. The molecule has 1 atom stereocenters. The van der Waals surface area contributed by atoms with Gasteiger partial charge in [-0.25, -0.2) is 0 Å². The number of methoxy groups -OCH3 is 1. The number of anilines is 1. The van der Waals surface area contributed by atoms with Gasteiger partial charge in [0.15, 0.2) is 5.78 Å². The largest absolute Gasteiger partial charge is 0.496 e. The molecule has 2 N–H and O–H groups in total. The first kappa shape index (κ1) is 22.0. The van der Waals surface area contributed by atoms with Gasteiger partial charge in [-0.2, -0.15) is 5.26 Å². The molecule has 0 unspecified atom stereocenters. The van der Waals surface area contributed by atoms with Gasteiger partial charge in [-0.15, -0.1) is 0 Å². The van der Waals surface area contributed by atoms with Gasteiger partial charge in [0.25, 0.3) is 5.69 Å². The van der Waals surface area contributed by atoms with Crippen LogP contribution in [0.25, 0.3) is 0 Å². The van der Waals surface area contributed by atoms with Crippen LogP contribution in [-0.4, -0.2) is 22.7 Å². The van der Waals surface area contributed by atoms with Crippen molar-refractivity contribution < 1.29 is 19.4 Å². The summed E-state index contributed by atoms with van der Waals surface area (Å²) in [5, 5.41) is 32.9. The number of nitrogens with zero attached hydrogens (tertiary/aromatic N) is 4. The van der Waals surface area contributed by atoms with E-state index in [1.54, 1.807) is 0 Å². The van der Waals surface area contributed by atoms with E-state index >= 15 is 0 Å². The molecule has 0 amide bonds. The zero-order valence-electron chi connectivity index (χ0n) is 17.3. The second kappa shape index (κ2) is 8.36. The van der Waals surface area contributed by atoms with E-state index in [9.17, 15) is 30.3 Å². The summed E-state index contributed by atoms with van der Waals surface area (Å²) in [6.45, 7) is 0. The van der Waals surface area contributed by atoms with Crippen molar-refractivity contribution in [2.75, 3.05) is 12.0 Å². The van der Waals surface area contributed by atoms with Gasteiger partial charge in [0.1, 0.15) is 17.3 Å². The molecule has 0 radical (unpaired) electrons. The summed E-state index contributed by atoms with van der Waals surface area (Å²) >= 11 is 0.867. The molecule has 0 saturated carbocycles. The normalized spacial score (nSPS) is 18.1. The lowest BCUT2D eigenvalue weighted by Crippen LogP contribution is -2.38. The van der Waals surface area contributed by atoms with Crippen LogP contribution in [0.2, 0.25) is 0 Å². The standard InChI is InChI=1S/C21H17N5O6S/c1-32-11-5-6-13(15(9-11)25(28)29)24-14-3-2-4-16(27)20(14)19(12(10-22)21(24)23)17-7-8-18(33-17)26(30)31/h5-9,19H,2-4,23H2,1H3/t19-/m0/s1. The maximum Gasteiger partial charge on any atom is 0.324 e. The van der Waals surface area contributed by atoms with Crippen LogP contribution in [0.4, 0.5) is 16.4 Å². The van der Waals surface area contributed by atoms with Crippen LogP contribution in [0.5, 0.6) is 5.75 Å². The Labute approximate surface area is 191 Å². The zero-order chi connectivity index (χ0) is 23.9. The number of Topliss-reactive ketones (excluding diaryl/α,β-unsaturated/α-hetero) is 1. The molecule has 1 aliphatic heterocycles. The highest BCUT2D eigenvalue weighted by Crippen LogP contribution is 2.49. The molecule has 2 heterocycles. The Morgan fingerprint density at radius 2 is 1.97 bits per heavy atom. The number of allylic oxidation sites excluding steroid dienone is 3. The topological polar surface area (TPSA) is 166 Å². The van der Waals surface area contributed by atoms with E-state index < -0.39 is 15.8 Å². The van der Waals surface area contributed by atoms with Gasteiger partial charge in [-0.05, 0) is 31.0 Å². The number of hydrogen-bond donors (Lipinski definition) is 1. The first-order chi connectivity index (χ1) is 15.8. The Hall–Kier alpha value is -4.24. The van der Waals surface area contributed by atoms with Crippen molar-refractivity contribution in [3.63, 3.8) is 0 Å². The highest BCUT2D eigenvalue weighted by Gasteiger charge is 2.42. The Morgan fingerprint density at radius 3 is 2.58 bits per heavy atom. The summed E-state index contributed by atoms with van der Waals surface area (Å²) in [6, 6.07) is 9.09. The molecule has 168 valence electrons. The monoisotopic (exact) mass is 467 g/mol. The fourth-order valence-electron chi connectivity index (χ4n) is 4.21. The molecular weight excluding hydrogens is 450 g/mol. The molecule has 0 fully saturated rings. The Morgan fingerprint density at radius 1 is 1.21 bits per heavy atom. The van der Waals surface area contributed by atoms with Gasteiger partial charge in [-0.3, -0.25) is 29.9 Å². The first-order valence-electron chi connectivity index (χ1n) is 9.81. The SMILES string of the molecule is COc1ccc(N2C(N)=C(C#N)[C@@H](c3ccc([N+](=O)[O-])s3)C3=C2CCCC3=O)c([N+](=O)[O-])c1. The van der Waals surface area contributed by atoms with Crippen molar-refractivity contribution in [3.8, 4) is 11.8 Å². The fourth-order valence-corrected chi connectivity index (χ4v) is 5.15. The molecule has 12 heteroatoms. The molecule has 33 heavy (non-hydrogen) atoms. The van der Waals surface area contributed by atoms with E-state index in [2.05, 4.69) is 0 Å². The average molecular weight is 467 g/mol. The number of nitrogens with two attached hydrogens (primary N) is 1. The van der Waals surface area contributed by atoms with Crippen LogP contribution < -0.4 is 15.4 Å². The number of thiophene rings is 1. The second-order valence-corrected chi connectivity index (χ2v) is 8.45. The van der Waals surface area contributed by atoms with Gasteiger partial charge >= 0.3 is 5.00 Å². The molecule has 2 aliphatic rings. The second-order valence-electron chi connectivity index (χ2n) is 7.36. The maximum atomic E-state index is 13.1. The number of ketones is 1. The molecule has 0 saturated heterocycles. The van der Waals surface area contributed by atoms with E-state index in [1.807, 2.05) is 6.07 Å². The fraction of sp³-hybridized carbons (Fsp3) is 0.238. The van der Waals surface area contributed by atoms with Crippen molar-refractivity contribution in [3.05, 3.63) is 78.1 Å². The number of nitro groups is 2. The van der Waals surface area contributed by atoms with Crippen LogP contribution >= 0.6 is 11.3 Å². The van der Waals surface area contributed by atoms with Gasteiger partial charge in [0.2, 0.25) is 0 Å². The van der Waals surface area contributed by atoms with E-state index in [0.717, 1.165) is 11.3 Å². The molecule has 0 bridgehead atoms. The molecule has 0 spiro atoms. The summed E-state index contributed by atoms with van der Waals surface area (Å²) in [4.78, 5) is 36.8. The smallest absolute Gasteiger partial charge is 0.324 e. The Kier molecular flexibility index (Phi) is 5.57. The Bertz CT molecular complexity index is 1300. The number of hydrogen-bond acceptors (Lipinski definition) is 10. The predicted octanol–water partition coefficient (Wildman–Crippen LogP) is 3.88. The zero-order valence-corrected chi connectivity index (χ0v) is 18.1. The Balaban J connectivity index is 1.98. The van der Waals surface area contributed by atoms with Crippen LogP contribution in [0.15, 0.2) is 53.0 Å². The maximum absolute atomic E-state index is 13.1. The highest BCUT2D eigenvalue weighted by molar-refractivity contribution is 7.15. The van der Waals surface area contributed by atoms with E-state index in [1.165, 1.54) is 42.3 Å². The van der Waals surface area contributed by atoms with Crippen LogP contribution in [-0.2, 0) is 4.79 Å². The number of ether oxygens (including phenoxy) is 1. The number of nitriles is 1. The minimum absolute atomic E-state index is 0.00543. The molecular formula is C21H17N5O6S. The van der Waals surface area contributed by atoms with Crippen LogP contribution in [0, 0.1) is 31.6 Å². The summed E-state index contributed by atoms with van der Waals surface area (Å²) in [6.07, 6.45) is 1.14. The lowest BCUT2D eigenvalue weighted by atomic mass is 9.78. The van der Waals surface area contributed by atoms with Crippen molar-refractivity contribution in [2.45, 2.75) is 25.2 Å².